The highest BCUT2D eigenvalue weighted by Crippen LogP contribution is 2.18. The van der Waals surface area contributed by atoms with Crippen LogP contribution < -0.4 is 0 Å². The summed E-state index contributed by atoms with van der Waals surface area (Å²) >= 11 is 0. The van der Waals surface area contributed by atoms with Crippen LogP contribution >= 0.6 is 0 Å². The van der Waals surface area contributed by atoms with E-state index in [4.69, 9.17) is 5.26 Å². The molecule has 0 saturated carbocycles. The molecular formula is C16H11N3. The van der Waals surface area contributed by atoms with E-state index >= 15 is 0 Å². The fraction of sp³-hybridized carbons (Fsp3) is 0. The van der Waals surface area contributed by atoms with E-state index in [-0.39, 0.29) is 0 Å². The van der Waals surface area contributed by atoms with Gasteiger partial charge >= 0.3 is 0 Å². The molecule has 0 bridgehead atoms. The maximum absolute atomic E-state index is 8.92. The van der Waals surface area contributed by atoms with Crippen molar-refractivity contribution in [3.63, 3.8) is 0 Å². The number of nitriles is 1. The first-order chi connectivity index (χ1) is 9.36. The maximum Gasteiger partial charge on any atom is 0.0999 e. The number of hydrogen-bond donors (Lipinski definition) is 0. The van der Waals surface area contributed by atoms with E-state index in [1.807, 2.05) is 59.3 Å². The van der Waals surface area contributed by atoms with Crippen LogP contribution in [0.1, 0.15) is 5.56 Å². The first-order valence-corrected chi connectivity index (χ1v) is 5.97. The molecule has 0 aliphatic carbocycles. The Balaban J connectivity index is 2.00. The Bertz CT molecular complexity index is 736. The van der Waals surface area contributed by atoms with Gasteiger partial charge in [-0.3, -0.25) is 0 Å². The van der Waals surface area contributed by atoms with Gasteiger partial charge < -0.3 is 4.57 Å². The number of benzene rings is 2. The van der Waals surface area contributed by atoms with Crippen molar-refractivity contribution in [3.8, 4) is 23.0 Å². The molecule has 0 atom stereocenters. The highest BCUT2D eigenvalue weighted by atomic mass is 15.0. The third kappa shape index (κ3) is 2.24. The molecule has 3 heteroatoms. The molecule has 90 valence electrons. The van der Waals surface area contributed by atoms with Gasteiger partial charge in [-0.05, 0) is 18.2 Å². The summed E-state index contributed by atoms with van der Waals surface area (Å²) in [6, 6.07) is 19.6. The van der Waals surface area contributed by atoms with Gasteiger partial charge in [0.25, 0.3) is 0 Å². The highest BCUT2D eigenvalue weighted by Gasteiger charge is 2.03. The number of aromatic nitrogens is 2. The van der Waals surface area contributed by atoms with Gasteiger partial charge in [0.1, 0.15) is 0 Å². The fourth-order valence-electron chi connectivity index (χ4n) is 1.96. The molecule has 0 fully saturated rings. The van der Waals surface area contributed by atoms with Crippen molar-refractivity contribution in [3.05, 3.63) is 72.7 Å². The van der Waals surface area contributed by atoms with Gasteiger partial charge in [0.15, 0.2) is 0 Å². The Hall–Kier alpha value is -2.86. The standard InChI is InChI=1S/C16H11N3/c17-10-13-5-4-8-15(9-13)19-11-16(18-12-19)14-6-2-1-3-7-14/h1-9,11-12H. The first kappa shape index (κ1) is 11.2. The molecule has 3 rings (SSSR count). The minimum absolute atomic E-state index is 0.646. The second-order valence-electron chi connectivity index (χ2n) is 4.19. The molecule has 0 unspecified atom stereocenters. The lowest BCUT2D eigenvalue weighted by molar-refractivity contribution is 1.06. The SMILES string of the molecule is N#Cc1cccc(-n2cnc(-c3ccccc3)c2)c1. The van der Waals surface area contributed by atoms with E-state index in [2.05, 4.69) is 11.1 Å². The molecule has 19 heavy (non-hydrogen) atoms. The molecule has 0 saturated heterocycles. The molecule has 1 aromatic heterocycles. The molecule has 3 nitrogen and oxygen atoms in total. The van der Waals surface area contributed by atoms with E-state index in [1.54, 1.807) is 12.4 Å². The predicted molar refractivity (Wildman–Crippen MR) is 73.7 cm³/mol. The average Bonchev–Trinajstić information content (AvgIpc) is 2.98. The van der Waals surface area contributed by atoms with Crippen LogP contribution in [0.3, 0.4) is 0 Å². The van der Waals surface area contributed by atoms with Gasteiger partial charge in [-0.1, -0.05) is 36.4 Å². The Kier molecular flexibility index (Phi) is 2.83. The van der Waals surface area contributed by atoms with Crippen LogP contribution in [0.2, 0.25) is 0 Å². The van der Waals surface area contributed by atoms with Crippen molar-refractivity contribution in [1.29, 1.82) is 5.26 Å². The zero-order chi connectivity index (χ0) is 13.1. The van der Waals surface area contributed by atoms with E-state index < -0.39 is 0 Å². The summed E-state index contributed by atoms with van der Waals surface area (Å²) in [5, 5.41) is 8.92. The molecule has 2 aromatic carbocycles. The summed E-state index contributed by atoms with van der Waals surface area (Å²) in [7, 11) is 0. The third-order valence-electron chi connectivity index (χ3n) is 2.93. The smallest absolute Gasteiger partial charge is 0.0999 e. The average molecular weight is 245 g/mol. The zero-order valence-corrected chi connectivity index (χ0v) is 10.2. The van der Waals surface area contributed by atoms with Crippen LogP contribution in [0.5, 0.6) is 0 Å². The van der Waals surface area contributed by atoms with Crippen molar-refractivity contribution in [2.45, 2.75) is 0 Å². The second-order valence-corrected chi connectivity index (χ2v) is 4.19. The van der Waals surface area contributed by atoms with Crippen molar-refractivity contribution < 1.29 is 0 Å². The summed E-state index contributed by atoms with van der Waals surface area (Å²) in [5.41, 5.74) is 3.59. The molecule has 0 amide bonds. The van der Waals surface area contributed by atoms with Gasteiger partial charge in [-0.25, -0.2) is 4.98 Å². The molecule has 1 heterocycles. The maximum atomic E-state index is 8.92. The van der Waals surface area contributed by atoms with E-state index in [0.717, 1.165) is 16.9 Å². The van der Waals surface area contributed by atoms with E-state index in [0.29, 0.717) is 5.56 Å². The molecule has 0 N–H and O–H groups in total. The lowest BCUT2D eigenvalue weighted by Crippen LogP contribution is -1.90. The van der Waals surface area contributed by atoms with Crippen LogP contribution in [0, 0.1) is 11.3 Å². The summed E-state index contributed by atoms with van der Waals surface area (Å²) < 4.78 is 1.92. The van der Waals surface area contributed by atoms with Gasteiger partial charge in [0.05, 0.1) is 23.7 Å². The van der Waals surface area contributed by atoms with Crippen LogP contribution in [-0.4, -0.2) is 9.55 Å². The summed E-state index contributed by atoms with van der Waals surface area (Å²) in [5.74, 6) is 0. The normalized spacial score (nSPS) is 10.1. The zero-order valence-electron chi connectivity index (χ0n) is 10.2. The Morgan fingerprint density at radius 1 is 1.00 bits per heavy atom. The number of nitrogens with zero attached hydrogens (tertiary/aromatic N) is 3. The van der Waals surface area contributed by atoms with Crippen LogP contribution in [-0.2, 0) is 0 Å². The van der Waals surface area contributed by atoms with Gasteiger partial charge in [0.2, 0.25) is 0 Å². The Morgan fingerprint density at radius 2 is 1.84 bits per heavy atom. The quantitative estimate of drug-likeness (QED) is 0.694. The van der Waals surface area contributed by atoms with Crippen LogP contribution in [0.15, 0.2) is 67.1 Å². The van der Waals surface area contributed by atoms with Crippen molar-refractivity contribution in [2.24, 2.45) is 0 Å². The first-order valence-electron chi connectivity index (χ1n) is 5.97. The van der Waals surface area contributed by atoms with Gasteiger partial charge in [0, 0.05) is 17.4 Å². The summed E-state index contributed by atoms with van der Waals surface area (Å²) in [4.78, 5) is 4.40. The molecule has 0 radical (unpaired) electrons. The lowest BCUT2D eigenvalue weighted by Gasteiger charge is -2.01. The summed E-state index contributed by atoms with van der Waals surface area (Å²) in [6.45, 7) is 0. The molecule has 0 aliphatic rings. The topological polar surface area (TPSA) is 41.6 Å². The molecule has 0 spiro atoms. The Labute approximate surface area is 111 Å². The van der Waals surface area contributed by atoms with Gasteiger partial charge in [-0.15, -0.1) is 0 Å². The number of rotatable bonds is 2. The molecular weight excluding hydrogens is 234 g/mol. The van der Waals surface area contributed by atoms with Crippen LogP contribution in [0.25, 0.3) is 16.9 Å². The number of imidazole rings is 1. The minimum atomic E-state index is 0.646. The monoisotopic (exact) mass is 245 g/mol. The van der Waals surface area contributed by atoms with Crippen molar-refractivity contribution >= 4 is 0 Å². The molecule has 0 aliphatic heterocycles. The van der Waals surface area contributed by atoms with Crippen molar-refractivity contribution in [1.82, 2.24) is 9.55 Å². The summed E-state index contributed by atoms with van der Waals surface area (Å²) in [6.07, 6.45) is 3.73. The third-order valence-corrected chi connectivity index (χ3v) is 2.93. The van der Waals surface area contributed by atoms with E-state index in [9.17, 15) is 0 Å². The number of hydrogen-bond acceptors (Lipinski definition) is 2. The highest BCUT2D eigenvalue weighted by molar-refractivity contribution is 5.58. The fourth-order valence-corrected chi connectivity index (χ4v) is 1.96. The predicted octanol–water partition coefficient (Wildman–Crippen LogP) is 3.41. The van der Waals surface area contributed by atoms with Gasteiger partial charge in [-0.2, -0.15) is 5.26 Å². The largest absolute Gasteiger partial charge is 0.306 e. The molecule has 3 aromatic rings. The Morgan fingerprint density at radius 3 is 2.63 bits per heavy atom. The van der Waals surface area contributed by atoms with E-state index in [1.165, 1.54) is 0 Å². The van der Waals surface area contributed by atoms with Crippen LogP contribution in [0.4, 0.5) is 0 Å². The lowest BCUT2D eigenvalue weighted by atomic mass is 10.2. The van der Waals surface area contributed by atoms with Crippen molar-refractivity contribution in [2.75, 3.05) is 0 Å². The second kappa shape index (κ2) is 4.79. The minimum Gasteiger partial charge on any atom is -0.306 e.